The van der Waals surface area contributed by atoms with Gasteiger partial charge in [0.2, 0.25) is 0 Å². The molecule has 1 saturated carbocycles. The second-order valence-corrected chi connectivity index (χ2v) is 7.52. The van der Waals surface area contributed by atoms with Crippen LogP contribution in [0.1, 0.15) is 52.0 Å². The average Bonchev–Trinajstić information content (AvgIpc) is 2.71. The number of nitrogens with one attached hydrogen (secondary N) is 1. The van der Waals surface area contributed by atoms with Crippen LogP contribution >= 0.6 is 0 Å². The molecule has 2 aliphatic rings. The number of ketones is 1. The molecule has 1 amide bonds. The predicted octanol–water partition coefficient (Wildman–Crippen LogP) is 2.40. The van der Waals surface area contributed by atoms with Gasteiger partial charge < -0.3 is 19.4 Å². The normalized spacial score (nSPS) is 15.5. The van der Waals surface area contributed by atoms with Gasteiger partial charge in [0.25, 0.3) is 11.5 Å². The van der Waals surface area contributed by atoms with Crippen molar-refractivity contribution < 1.29 is 19.1 Å². The van der Waals surface area contributed by atoms with E-state index in [1.165, 1.54) is 17.7 Å². The smallest absolute Gasteiger partial charge is 0.263 e. The lowest BCUT2D eigenvalue weighted by atomic mass is 9.81. The van der Waals surface area contributed by atoms with Crippen LogP contribution in [0.5, 0.6) is 11.5 Å². The van der Waals surface area contributed by atoms with Gasteiger partial charge in [-0.05, 0) is 18.1 Å². The van der Waals surface area contributed by atoms with Gasteiger partial charge >= 0.3 is 0 Å². The fourth-order valence-corrected chi connectivity index (χ4v) is 3.72. The third-order valence-corrected chi connectivity index (χ3v) is 5.57. The molecule has 4 rings (SSSR count). The molecule has 1 fully saturated rings. The number of hydrogen-bond acceptors (Lipinski definition) is 5. The van der Waals surface area contributed by atoms with Crippen LogP contribution in [-0.2, 0) is 6.54 Å². The van der Waals surface area contributed by atoms with Gasteiger partial charge in [-0.1, -0.05) is 31.4 Å². The van der Waals surface area contributed by atoms with Gasteiger partial charge in [0.1, 0.15) is 18.8 Å². The van der Waals surface area contributed by atoms with Gasteiger partial charge in [0.15, 0.2) is 17.3 Å². The maximum Gasteiger partial charge on any atom is 0.263 e. The van der Waals surface area contributed by atoms with Crippen LogP contribution in [0.25, 0.3) is 0 Å². The number of para-hydroxylation sites is 1. The Morgan fingerprint density at radius 2 is 2.00 bits per heavy atom. The third-order valence-electron chi connectivity index (χ3n) is 5.57. The average molecular weight is 396 g/mol. The van der Waals surface area contributed by atoms with E-state index < -0.39 is 11.5 Å². The molecule has 0 unspecified atom stereocenters. The summed E-state index contributed by atoms with van der Waals surface area (Å²) in [6, 6.07) is 6.91. The van der Waals surface area contributed by atoms with Crippen LogP contribution in [0.2, 0.25) is 0 Å². The Balaban J connectivity index is 1.72. The Hall–Kier alpha value is -3.09. The van der Waals surface area contributed by atoms with E-state index in [9.17, 15) is 14.4 Å². The molecule has 152 valence electrons. The molecule has 0 radical (unpaired) electrons. The molecule has 1 aromatic carbocycles. The number of Topliss-reactive ketones (excluding diaryl/α,β-unsaturated/α-hetero) is 1. The molecule has 1 N–H and O–H groups in total. The van der Waals surface area contributed by atoms with Crippen molar-refractivity contribution in [3.05, 3.63) is 57.5 Å². The van der Waals surface area contributed by atoms with Crippen LogP contribution in [0, 0.1) is 5.92 Å². The van der Waals surface area contributed by atoms with Crippen LogP contribution in [0.4, 0.5) is 0 Å². The first-order valence-electron chi connectivity index (χ1n) is 9.94. The number of fused-ring (bicyclic) bond motifs is 1. The molecule has 1 aromatic heterocycles. The summed E-state index contributed by atoms with van der Waals surface area (Å²) >= 11 is 0. The molecular formula is C22H24N2O5. The molecule has 0 saturated heterocycles. The minimum Gasteiger partial charge on any atom is -0.486 e. The molecule has 7 nitrogen and oxygen atoms in total. The number of nitrogens with zero attached hydrogens (tertiary/aromatic N) is 1. The van der Waals surface area contributed by atoms with Crippen LogP contribution < -0.4 is 20.3 Å². The van der Waals surface area contributed by atoms with Crippen molar-refractivity contribution in [2.75, 3.05) is 20.3 Å². The van der Waals surface area contributed by atoms with E-state index in [0.29, 0.717) is 42.6 Å². The van der Waals surface area contributed by atoms with E-state index in [1.54, 1.807) is 6.20 Å². The number of benzene rings is 1. The number of amides is 1. The van der Waals surface area contributed by atoms with Crippen molar-refractivity contribution in [1.29, 1.82) is 0 Å². The lowest BCUT2D eigenvalue weighted by Crippen LogP contribution is -2.32. The zero-order valence-corrected chi connectivity index (χ0v) is 16.4. The van der Waals surface area contributed by atoms with Gasteiger partial charge in [-0.2, -0.15) is 0 Å². The minimum atomic E-state index is -0.503. The molecule has 1 aliphatic carbocycles. The van der Waals surface area contributed by atoms with Gasteiger partial charge in [-0.15, -0.1) is 0 Å². The first-order valence-corrected chi connectivity index (χ1v) is 9.94. The Morgan fingerprint density at radius 3 is 2.72 bits per heavy atom. The summed E-state index contributed by atoms with van der Waals surface area (Å²) in [7, 11) is 1.47. The Labute approximate surface area is 168 Å². The van der Waals surface area contributed by atoms with Crippen LogP contribution in [-0.4, -0.2) is 36.5 Å². The number of carbonyl (C=O) groups is 2. The Bertz CT molecular complexity index is 1010. The maximum atomic E-state index is 12.9. The van der Waals surface area contributed by atoms with E-state index in [-0.39, 0.29) is 17.9 Å². The van der Waals surface area contributed by atoms with Crippen LogP contribution in [0.3, 0.4) is 0 Å². The highest BCUT2D eigenvalue weighted by molar-refractivity contribution is 6.00. The van der Waals surface area contributed by atoms with Crippen molar-refractivity contribution in [3.63, 3.8) is 0 Å². The lowest BCUT2D eigenvalue weighted by Gasteiger charge is -2.24. The third kappa shape index (κ3) is 3.90. The van der Waals surface area contributed by atoms with Gasteiger partial charge in [-0.25, -0.2) is 0 Å². The molecule has 0 atom stereocenters. The number of pyridine rings is 1. The lowest BCUT2D eigenvalue weighted by molar-refractivity contribution is 0.0935. The van der Waals surface area contributed by atoms with Crippen molar-refractivity contribution >= 4 is 11.7 Å². The Morgan fingerprint density at radius 1 is 1.21 bits per heavy atom. The van der Waals surface area contributed by atoms with E-state index in [0.717, 1.165) is 24.8 Å². The standard InChI is InChI=1S/C22H24N2O5/c1-23-21(26)17-11-16(18(25)10-14-4-2-5-14)13-24(22(17)27)12-15-6-3-7-19-20(15)29-9-8-28-19/h3,6-7,11,13-14H,2,4-5,8-10,12H2,1H3,(H,23,26). The van der Waals surface area contributed by atoms with Gasteiger partial charge in [0, 0.05) is 30.8 Å². The van der Waals surface area contributed by atoms with Crippen molar-refractivity contribution in [2.45, 2.75) is 32.2 Å². The topological polar surface area (TPSA) is 86.6 Å². The first kappa shape index (κ1) is 19.2. The summed E-state index contributed by atoms with van der Waals surface area (Å²) < 4.78 is 12.7. The quantitative estimate of drug-likeness (QED) is 0.758. The van der Waals surface area contributed by atoms with Crippen molar-refractivity contribution in [1.82, 2.24) is 9.88 Å². The highest BCUT2D eigenvalue weighted by Gasteiger charge is 2.24. The molecule has 7 heteroatoms. The number of carbonyl (C=O) groups excluding carboxylic acids is 2. The largest absolute Gasteiger partial charge is 0.486 e. The van der Waals surface area contributed by atoms with Gasteiger partial charge in [0.05, 0.1) is 6.54 Å². The molecule has 2 aromatic rings. The fourth-order valence-electron chi connectivity index (χ4n) is 3.72. The second-order valence-electron chi connectivity index (χ2n) is 7.52. The highest BCUT2D eigenvalue weighted by atomic mass is 16.6. The van der Waals surface area contributed by atoms with E-state index in [2.05, 4.69) is 5.32 Å². The summed E-state index contributed by atoms with van der Waals surface area (Å²) in [4.78, 5) is 37.9. The molecule has 29 heavy (non-hydrogen) atoms. The summed E-state index contributed by atoms with van der Waals surface area (Å²) in [6.45, 7) is 1.09. The fraction of sp³-hybridized carbons (Fsp3) is 0.409. The summed E-state index contributed by atoms with van der Waals surface area (Å²) in [5.41, 5.74) is 0.667. The van der Waals surface area contributed by atoms with E-state index in [1.807, 2.05) is 18.2 Å². The van der Waals surface area contributed by atoms with Crippen molar-refractivity contribution in [3.8, 4) is 11.5 Å². The molecule has 0 bridgehead atoms. The Kier molecular flexibility index (Phi) is 5.38. The van der Waals surface area contributed by atoms with Crippen molar-refractivity contribution in [2.24, 2.45) is 5.92 Å². The molecule has 0 spiro atoms. The molecule has 1 aliphatic heterocycles. The van der Waals surface area contributed by atoms with Crippen LogP contribution in [0.15, 0.2) is 35.3 Å². The second kappa shape index (κ2) is 8.11. The highest BCUT2D eigenvalue weighted by Crippen LogP contribution is 2.34. The predicted molar refractivity (Wildman–Crippen MR) is 107 cm³/mol. The minimum absolute atomic E-state index is 0.0334. The first-order chi connectivity index (χ1) is 14.1. The number of aromatic nitrogens is 1. The number of ether oxygens (including phenoxy) is 2. The summed E-state index contributed by atoms with van der Waals surface area (Å²) in [5.74, 6) is 1.09. The van der Waals surface area contributed by atoms with E-state index >= 15 is 0 Å². The summed E-state index contributed by atoms with van der Waals surface area (Å²) in [6.07, 6.45) is 5.27. The maximum absolute atomic E-state index is 12.9. The molecule has 2 heterocycles. The van der Waals surface area contributed by atoms with E-state index in [4.69, 9.17) is 9.47 Å². The zero-order valence-electron chi connectivity index (χ0n) is 16.4. The number of hydrogen-bond donors (Lipinski definition) is 1. The number of rotatable bonds is 6. The molecular weight excluding hydrogens is 372 g/mol. The zero-order chi connectivity index (χ0) is 20.4. The SMILES string of the molecule is CNC(=O)c1cc(C(=O)CC2CCC2)cn(Cc2cccc3c2OCCO3)c1=O. The monoisotopic (exact) mass is 396 g/mol. The summed E-state index contributed by atoms with van der Waals surface area (Å²) in [5, 5.41) is 2.48. The van der Waals surface area contributed by atoms with Gasteiger partial charge in [-0.3, -0.25) is 14.4 Å².